The quantitative estimate of drug-likeness (QED) is 0.284. The number of carbonyl (C=O) groups excluding carboxylic acids is 3. The lowest BCUT2D eigenvalue weighted by molar-refractivity contribution is -0.146. The van der Waals surface area contributed by atoms with E-state index in [4.69, 9.17) is 19.9 Å². The molecule has 13 heteroatoms. The van der Waals surface area contributed by atoms with Crippen molar-refractivity contribution in [3.8, 4) is 5.75 Å². The number of fused-ring (bicyclic) bond motifs is 13. The topological polar surface area (TPSA) is 175 Å². The molecule has 0 saturated heterocycles. The van der Waals surface area contributed by atoms with Gasteiger partial charge in [0.05, 0.1) is 30.8 Å². The van der Waals surface area contributed by atoms with E-state index in [1.165, 1.54) is 0 Å². The lowest BCUT2D eigenvalue weighted by Crippen LogP contribution is -2.57. The second-order valence-corrected chi connectivity index (χ2v) is 13.3. The van der Waals surface area contributed by atoms with E-state index in [0.717, 1.165) is 18.4 Å². The van der Waals surface area contributed by atoms with E-state index >= 15 is 0 Å². The Balaban J connectivity index is 1.79. The van der Waals surface area contributed by atoms with Gasteiger partial charge in [-0.15, -0.1) is 0 Å². The van der Waals surface area contributed by atoms with Crippen LogP contribution in [0.25, 0.3) is 0 Å². The van der Waals surface area contributed by atoms with Crippen LogP contribution < -0.4 is 26.4 Å². The Morgan fingerprint density at radius 3 is 2.45 bits per heavy atom. The molecule has 12 nitrogen and oxygen atoms in total. The maximum absolute atomic E-state index is 13.5. The fourth-order valence-corrected chi connectivity index (χ4v) is 5.68. The van der Waals surface area contributed by atoms with E-state index < -0.39 is 45.6 Å². The van der Waals surface area contributed by atoms with Gasteiger partial charge in [-0.3, -0.25) is 4.79 Å². The van der Waals surface area contributed by atoms with E-state index in [9.17, 15) is 22.8 Å². The second kappa shape index (κ2) is 17.6. The number of carbonyl (C=O) groups is 3. The molecular formula is C31H44N4O8S. The third-order valence-corrected chi connectivity index (χ3v) is 8.73. The number of amides is 3. The molecule has 44 heavy (non-hydrogen) atoms. The van der Waals surface area contributed by atoms with Crippen LogP contribution >= 0.6 is 0 Å². The molecule has 0 aliphatic carbocycles. The van der Waals surface area contributed by atoms with Crippen molar-refractivity contribution in [2.45, 2.75) is 57.8 Å². The first kappa shape index (κ1) is 34.8. The van der Waals surface area contributed by atoms with E-state index in [1.807, 2.05) is 32.0 Å². The minimum absolute atomic E-state index is 0.0476. The Morgan fingerprint density at radius 1 is 1.07 bits per heavy atom. The number of ether oxygens (including phenoxy) is 3. The van der Waals surface area contributed by atoms with E-state index in [2.05, 4.69) is 16.0 Å². The molecule has 2 heterocycles. The summed E-state index contributed by atoms with van der Waals surface area (Å²) < 4.78 is 42.1. The Labute approximate surface area is 259 Å². The number of hydrogen-bond acceptors (Lipinski definition) is 9. The van der Waals surface area contributed by atoms with Gasteiger partial charge in [0.15, 0.2) is 9.84 Å². The molecule has 2 bridgehead atoms. The summed E-state index contributed by atoms with van der Waals surface area (Å²) in [6, 6.07) is 12.3. The van der Waals surface area contributed by atoms with Crippen molar-refractivity contribution in [2.75, 3.05) is 37.9 Å². The number of sulfone groups is 1. The van der Waals surface area contributed by atoms with E-state index in [-0.39, 0.29) is 37.3 Å². The number of rotatable bonds is 10. The summed E-state index contributed by atoms with van der Waals surface area (Å²) in [7, 11) is -3.81. The van der Waals surface area contributed by atoms with Crippen molar-refractivity contribution < 1.29 is 37.0 Å². The summed E-state index contributed by atoms with van der Waals surface area (Å²) in [5.74, 6) is -1.73. The summed E-state index contributed by atoms with van der Waals surface area (Å²) in [5.41, 5.74) is 6.89. The highest BCUT2D eigenvalue weighted by molar-refractivity contribution is 7.91. The molecule has 2 aliphatic rings. The van der Waals surface area contributed by atoms with Crippen LogP contribution in [0.1, 0.15) is 37.8 Å². The predicted molar refractivity (Wildman–Crippen MR) is 166 cm³/mol. The third-order valence-electron chi connectivity index (χ3n) is 7.03. The molecule has 5 N–H and O–H groups in total. The highest BCUT2D eigenvalue weighted by atomic mass is 32.2. The van der Waals surface area contributed by atoms with Crippen LogP contribution in [0.3, 0.4) is 0 Å². The fraction of sp³-hybridized carbons (Fsp3) is 0.516. The summed E-state index contributed by atoms with van der Waals surface area (Å²) in [4.78, 5) is 39.8. The molecule has 3 atom stereocenters. The monoisotopic (exact) mass is 632 g/mol. The van der Waals surface area contributed by atoms with Crippen LogP contribution in [-0.4, -0.2) is 82.3 Å². The molecule has 2 aromatic carbocycles. The Hall–Kier alpha value is -3.68. The first-order valence-corrected chi connectivity index (χ1v) is 16.7. The minimum atomic E-state index is -3.81. The highest BCUT2D eigenvalue weighted by Gasteiger charge is 2.31. The minimum Gasteiger partial charge on any atom is -0.494 e. The summed E-state index contributed by atoms with van der Waals surface area (Å²) in [5, 5.41) is 8.03. The number of esters is 1. The van der Waals surface area contributed by atoms with Gasteiger partial charge >= 0.3 is 12.0 Å². The molecule has 0 spiro atoms. The van der Waals surface area contributed by atoms with Crippen LogP contribution in [0, 0.1) is 5.92 Å². The van der Waals surface area contributed by atoms with Crippen LogP contribution in [0.5, 0.6) is 5.75 Å². The number of nitrogens with one attached hydrogen (secondary N) is 3. The van der Waals surface area contributed by atoms with Gasteiger partial charge in [0.1, 0.15) is 24.4 Å². The van der Waals surface area contributed by atoms with Crippen molar-refractivity contribution in [1.29, 1.82) is 0 Å². The van der Waals surface area contributed by atoms with Gasteiger partial charge in [0.25, 0.3) is 0 Å². The second-order valence-electron chi connectivity index (χ2n) is 11.1. The van der Waals surface area contributed by atoms with Gasteiger partial charge < -0.3 is 35.9 Å². The maximum Gasteiger partial charge on any atom is 0.330 e. The van der Waals surface area contributed by atoms with Gasteiger partial charge in [0, 0.05) is 19.6 Å². The molecule has 3 amide bonds. The van der Waals surface area contributed by atoms with E-state index in [0.29, 0.717) is 31.1 Å². The maximum atomic E-state index is 13.5. The summed E-state index contributed by atoms with van der Waals surface area (Å²) in [6.45, 7) is 5.02. The fourth-order valence-electron chi connectivity index (χ4n) is 4.43. The zero-order valence-electron chi connectivity index (χ0n) is 25.3. The average Bonchev–Trinajstić information content (AvgIpc) is 2.98. The van der Waals surface area contributed by atoms with Crippen molar-refractivity contribution in [1.82, 2.24) is 16.0 Å². The van der Waals surface area contributed by atoms with Gasteiger partial charge in [-0.1, -0.05) is 56.3 Å². The number of urea groups is 1. The molecule has 2 aliphatic heterocycles. The molecule has 242 valence electrons. The Kier molecular flexibility index (Phi) is 13.9. The molecule has 0 aromatic heterocycles. The van der Waals surface area contributed by atoms with Gasteiger partial charge in [-0.2, -0.15) is 0 Å². The molecule has 4 rings (SSSR count). The smallest absolute Gasteiger partial charge is 0.330 e. The van der Waals surface area contributed by atoms with Gasteiger partial charge in [0.2, 0.25) is 5.91 Å². The third kappa shape index (κ3) is 12.1. The Morgan fingerprint density at radius 2 is 1.77 bits per heavy atom. The van der Waals surface area contributed by atoms with Crippen LogP contribution in [0.4, 0.5) is 4.79 Å². The molecule has 0 unspecified atom stereocenters. The number of hydrogen-bond donors (Lipinski definition) is 4. The Bertz CT molecular complexity index is 1310. The van der Waals surface area contributed by atoms with Crippen molar-refractivity contribution >= 4 is 27.7 Å². The van der Waals surface area contributed by atoms with Crippen LogP contribution in [0.15, 0.2) is 54.6 Å². The van der Waals surface area contributed by atoms with E-state index in [1.54, 1.807) is 36.4 Å². The lowest BCUT2D eigenvalue weighted by atomic mass is 10.0. The van der Waals surface area contributed by atoms with Crippen molar-refractivity contribution in [3.63, 3.8) is 0 Å². The normalized spacial score (nSPS) is 19.0. The highest BCUT2D eigenvalue weighted by Crippen LogP contribution is 2.15. The zero-order chi connectivity index (χ0) is 32.0. The first-order chi connectivity index (χ1) is 21.1. The molecule has 0 fully saturated rings. The first-order valence-electron chi connectivity index (χ1n) is 14.8. The lowest BCUT2D eigenvalue weighted by Gasteiger charge is -2.27. The molecule has 0 radical (unpaired) electrons. The number of benzene rings is 2. The van der Waals surface area contributed by atoms with Gasteiger partial charge in [-0.25, -0.2) is 18.0 Å². The van der Waals surface area contributed by atoms with Crippen LogP contribution in [-0.2, 0) is 41.9 Å². The average molecular weight is 633 g/mol. The van der Waals surface area contributed by atoms with Crippen LogP contribution in [0.2, 0.25) is 0 Å². The van der Waals surface area contributed by atoms with Crippen molar-refractivity contribution in [2.24, 2.45) is 11.7 Å². The largest absolute Gasteiger partial charge is 0.494 e. The SMILES string of the molecule is CC(C)[C@H]1COCCCCOc2ccc(cc2)C[C@@H](NC(=O)N[C@@H](CS(=O)(=O)CCN)C(=O)OCc2ccccc2)C(=O)N1. The number of nitrogens with two attached hydrogens (primary N) is 1. The summed E-state index contributed by atoms with van der Waals surface area (Å²) in [6.07, 6.45) is 1.76. The molecule has 0 saturated carbocycles. The van der Waals surface area contributed by atoms with Gasteiger partial charge in [-0.05, 0) is 42.0 Å². The zero-order valence-corrected chi connectivity index (χ0v) is 26.1. The molecular weight excluding hydrogens is 588 g/mol. The van der Waals surface area contributed by atoms with Crippen molar-refractivity contribution in [3.05, 3.63) is 65.7 Å². The molecule has 2 aromatic rings. The standard InChI is InChI=1S/C31H44N4O8S/c1-22(2)27-20-41-15-6-7-16-42-25-12-10-23(11-13-25)18-26(29(36)33-27)34-31(38)35-28(21-44(39,40)17-14-32)30(37)43-19-24-8-4-3-5-9-24/h3-5,8-13,22,26-28H,6-7,14-21,32H2,1-2H3,(H,33,36)(H2,34,35,38)/t26-,27-,28+/m1/s1. The predicted octanol–water partition coefficient (Wildman–Crippen LogP) is 1.71. The summed E-state index contributed by atoms with van der Waals surface area (Å²) >= 11 is 0.